The van der Waals surface area contributed by atoms with E-state index in [1.54, 1.807) is 60.7 Å². The molecule has 0 fully saturated rings. The average molecular weight is 425 g/mol. The number of rotatable bonds is 3. The molecular formula is C23H14Cl2O4. The maximum atomic E-state index is 12.6. The van der Waals surface area contributed by atoms with Gasteiger partial charge in [0.15, 0.2) is 0 Å². The van der Waals surface area contributed by atoms with Crippen LogP contribution in [-0.4, -0.2) is 5.97 Å². The van der Waals surface area contributed by atoms with Crippen molar-refractivity contribution in [1.29, 1.82) is 0 Å². The lowest BCUT2D eigenvalue weighted by Gasteiger charge is -2.10. The van der Waals surface area contributed by atoms with E-state index in [4.69, 9.17) is 32.4 Å². The van der Waals surface area contributed by atoms with Gasteiger partial charge in [-0.3, -0.25) is 0 Å². The second kappa shape index (κ2) is 7.74. The Morgan fingerprint density at radius 2 is 1.52 bits per heavy atom. The van der Waals surface area contributed by atoms with Crippen molar-refractivity contribution in [2.45, 2.75) is 6.92 Å². The molecule has 0 aliphatic heterocycles. The molecule has 1 aromatic heterocycles. The lowest BCUT2D eigenvalue weighted by Crippen LogP contribution is -2.09. The minimum atomic E-state index is -0.530. The zero-order valence-corrected chi connectivity index (χ0v) is 16.8. The van der Waals surface area contributed by atoms with Crippen LogP contribution < -0.4 is 10.4 Å². The van der Waals surface area contributed by atoms with Gasteiger partial charge in [-0.15, -0.1) is 0 Å². The molecular weight excluding hydrogens is 411 g/mol. The first kappa shape index (κ1) is 19.2. The lowest BCUT2D eigenvalue weighted by molar-refractivity contribution is 0.0735. The first-order valence-electron chi connectivity index (χ1n) is 8.73. The highest BCUT2D eigenvalue weighted by molar-refractivity contribution is 6.31. The van der Waals surface area contributed by atoms with Crippen LogP contribution in [0.25, 0.3) is 22.1 Å². The van der Waals surface area contributed by atoms with E-state index in [0.717, 1.165) is 16.5 Å². The average Bonchev–Trinajstić information content (AvgIpc) is 2.69. The summed E-state index contributed by atoms with van der Waals surface area (Å²) in [4.78, 5) is 24.9. The van der Waals surface area contributed by atoms with Crippen LogP contribution in [0.4, 0.5) is 0 Å². The Kier molecular flexibility index (Phi) is 5.14. The van der Waals surface area contributed by atoms with Gasteiger partial charge in [-0.05, 0) is 66.6 Å². The highest BCUT2D eigenvalue weighted by atomic mass is 35.5. The molecule has 3 aromatic carbocycles. The summed E-state index contributed by atoms with van der Waals surface area (Å²) in [5.41, 5.74) is 2.20. The van der Waals surface area contributed by atoms with Crippen LogP contribution in [0.1, 0.15) is 15.9 Å². The SMILES string of the molecule is Cc1c(-c2ccc(Cl)cc2)c(=O)oc2cc(OC(=O)c3ccc(Cl)cc3)ccc12. The fraction of sp³-hybridized carbons (Fsp3) is 0.0435. The standard InChI is InChI=1S/C23H14Cl2O4/c1-13-19-11-10-18(28-22(26)15-4-8-17(25)9-5-15)12-20(19)29-23(27)21(13)14-2-6-16(24)7-3-14/h2-12H,1H3. The molecule has 0 aliphatic rings. The first-order chi connectivity index (χ1) is 13.9. The number of carbonyl (C=O) groups excluding carboxylic acids is 1. The molecule has 1 heterocycles. The van der Waals surface area contributed by atoms with Crippen molar-refractivity contribution in [3.05, 3.63) is 98.3 Å². The fourth-order valence-electron chi connectivity index (χ4n) is 3.10. The maximum absolute atomic E-state index is 12.6. The van der Waals surface area contributed by atoms with Crippen molar-refractivity contribution < 1.29 is 13.9 Å². The number of carbonyl (C=O) groups is 1. The number of ether oxygens (including phenoxy) is 1. The van der Waals surface area contributed by atoms with Crippen molar-refractivity contribution >= 4 is 40.1 Å². The molecule has 0 bridgehead atoms. The van der Waals surface area contributed by atoms with Crippen LogP contribution in [0.15, 0.2) is 75.9 Å². The lowest BCUT2D eigenvalue weighted by atomic mass is 10.00. The van der Waals surface area contributed by atoms with Gasteiger partial charge in [0, 0.05) is 21.5 Å². The van der Waals surface area contributed by atoms with Gasteiger partial charge in [0.1, 0.15) is 11.3 Å². The monoisotopic (exact) mass is 424 g/mol. The van der Waals surface area contributed by atoms with Crippen molar-refractivity contribution in [3.63, 3.8) is 0 Å². The van der Waals surface area contributed by atoms with Crippen LogP contribution in [0.3, 0.4) is 0 Å². The molecule has 144 valence electrons. The number of fused-ring (bicyclic) bond motifs is 1. The zero-order valence-electron chi connectivity index (χ0n) is 15.2. The minimum absolute atomic E-state index is 0.277. The number of aryl methyl sites for hydroxylation is 1. The summed E-state index contributed by atoms with van der Waals surface area (Å²) in [5, 5.41) is 1.87. The topological polar surface area (TPSA) is 56.5 Å². The third-order valence-electron chi connectivity index (χ3n) is 4.56. The predicted molar refractivity (Wildman–Crippen MR) is 114 cm³/mol. The molecule has 0 spiro atoms. The Hall–Kier alpha value is -3.08. The van der Waals surface area contributed by atoms with Crippen molar-refractivity contribution in [2.24, 2.45) is 0 Å². The molecule has 4 aromatic rings. The number of halogens is 2. The van der Waals surface area contributed by atoms with Gasteiger partial charge in [-0.2, -0.15) is 0 Å². The van der Waals surface area contributed by atoms with E-state index < -0.39 is 11.6 Å². The third-order valence-corrected chi connectivity index (χ3v) is 5.07. The first-order valence-corrected chi connectivity index (χ1v) is 9.49. The van der Waals surface area contributed by atoms with Crippen molar-refractivity contribution in [2.75, 3.05) is 0 Å². The van der Waals surface area contributed by atoms with E-state index in [1.807, 2.05) is 6.92 Å². The molecule has 0 amide bonds. The normalized spacial score (nSPS) is 10.9. The minimum Gasteiger partial charge on any atom is -0.423 e. The second-order valence-corrected chi connectivity index (χ2v) is 7.32. The van der Waals surface area contributed by atoms with Gasteiger partial charge in [0.2, 0.25) is 0 Å². The zero-order chi connectivity index (χ0) is 20.5. The predicted octanol–water partition coefficient (Wildman–Crippen LogP) is 6.29. The van der Waals surface area contributed by atoms with E-state index in [-0.39, 0.29) is 5.75 Å². The maximum Gasteiger partial charge on any atom is 0.344 e. The van der Waals surface area contributed by atoms with Crippen LogP contribution in [0.2, 0.25) is 10.0 Å². The summed E-state index contributed by atoms with van der Waals surface area (Å²) in [7, 11) is 0. The Balaban J connectivity index is 1.71. The summed E-state index contributed by atoms with van der Waals surface area (Å²) < 4.78 is 10.9. The summed E-state index contributed by atoms with van der Waals surface area (Å²) in [6.07, 6.45) is 0. The largest absolute Gasteiger partial charge is 0.423 e. The molecule has 0 saturated carbocycles. The Morgan fingerprint density at radius 3 is 2.17 bits per heavy atom. The van der Waals surface area contributed by atoms with Crippen LogP contribution in [0, 0.1) is 6.92 Å². The smallest absolute Gasteiger partial charge is 0.344 e. The Labute approximate surface area is 176 Å². The highest BCUT2D eigenvalue weighted by Crippen LogP contribution is 2.29. The van der Waals surface area contributed by atoms with Gasteiger partial charge < -0.3 is 9.15 Å². The van der Waals surface area contributed by atoms with Gasteiger partial charge >= 0.3 is 11.6 Å². The number of hydrogen-bond donors (Lipinski definition) is 0. The summed E-state index contributed by atoms with van der Waals surface area (Å²) >= 11 is 11.8. The fourth-order valence-corrected chi connectivity index (χ4v) is 3.35. The molecule has 0 saturated heterocycles. The molecule has 6 heteroatoms. The summed E-state index contributed by atoms with van der Waals surface area (Å²) in [5.74, 6) is -0.253. The van der Waals surface area contributed by atoms with Crippen LogP contribution in [-0.2, 0) is 0 Å². The molecule has 4 nitrogen and oxygen atoms in total. The van der Waals surface area contributed by atoms with E-state index >= 15 is 0 Å². The molecule has 0 unspecified atom stereocenters. The highest BCUT2D eigenvalue weighted by Gasteiger charge is 2.15. The van der Waals surface area contributed by atoms with E-state index in [0.29, 0.717) is 26.8 Å². The van der Waals surface area contributed by atoms with E-state index in [1.165, 1.54) is 6.07 Å². The number of benzene rings is 3. The van der Waals surface area contributed by atoms with E-state index in [9.17, 15) is 9.59 Å². The van der Waals surface area contributed by atoms with Gasteiger partial charge in [0.05, 0.1) is 11.1 Å². The number of esters is 1. The quantitative estimate of drug-likeness (QED) is 0.220. The Bertz CT molecular complexity index is 1270. The van der Waals surface area contributed by atoms with Gasteiger partial charge in [-0.25, -0.2) is 9.59 Å². The molecule has 0 radical (unpaired) electrons. The van der Waals surface area contributed by atoms with Gasteiger partial charge in [0.25, 0.3) is 0 Å². The second-order valence-electron chi connectivity index (χ2n) is 6.45. The van der Waals surface area contributed by atoms with Gasteiger partial charge in [-0.1, -0.05) is 35.3 Å². The Morgan fingerprint density at radius 1 is 0.897 bits per heavy atom. The molecule has 29 heavy (non-hydrogen) atoms. The van der Waals surface area contributed by atoms with Crippen molar-refractivity contribution in [3.8, 4) is 16.9 Å². The van der Waals surface area contributed by atoms with E-state index in [2.05, 4.69) is 0 Å². The van der Waals surface area contributed by atoms with Crippen molar-refractivity contribution in [1.82, 2.24) is 0 Å². The summed E-state index contributed by atoms with van der Waals surface area (Å²) in [6, 6.07) is 18.3. The summed E-state index contributed by atoms with van der Waals surface area (Å²) in [6.45, 7) is 1.85. The molecule has 0 N–H and O–H groups in total. The number of hydrogen-bond acceptors (Lipinski definition) is 4. The molecule has 4 rings (SSSR count). The molecule has 0 aliphatic carbocycles. The molecule has 0 atom stereocenters. The van der Waals surface area contributed by atoms with Crippen LogP contribution >= 0.6 is 23.2 Å². The van der Waals surface area contributed by atoms with Crippen LogP contribution in [0.5, 0.6) is 5.75 Å². The third kappa shape index (κ3) is 3.90.